The molecule has 0 fully saturated rings. The largest absolute Gasteiger partial charge is 0.493 e. The van der Waals surface area contributed by atoms with Gasteiger partial charge in [0.15, 0.2) is 5.11 Å². The Labute approximate surface area is 174 Å². The number of benzene rings is 2. The normalized spacial score (nSPS) is 11.5. The van der Waals surface area contributed by atoms with Crippen molar-refractivity contribution in [3.63, 3.8) is 0 Å². The van der Waals surface area contributed by atoms with Gasteiger partial charge in [0.05, 0.1) is 18.2 Å². The number of carbonyl (C=O) groups is 1. The highest BCUT2D eigenvalue weighted by Crippen LogP contribution is 2.24. The number of halogens is 1. The minimum Gasteiger partial charge on any atom is -0.493 e. The molecule has 0 aliphatic rings. The van der Waals surface area contributed by atoms with Gasteiger partial charge < -0.3 is 10.1 Å². The molecule has 0 aromatic heterocycles. The Kier molecular flexibility index (Phi) is 8.75. The van der Waals surface area contributed by atoms with Crippen LogP contribution in [0.5, 0.6) is 5.75 Å². The summed E-state index contributed by atoms with van der Waals surface area (Å²) in [5, 5.41) is 6.29. The first kappa shape index (κ1) is 21.4. The molecule has 2 rings (SSSR count). The molecule has 144 valence electrons. The number of unbranched alkanes of at least 4 members (excludes halogenated alkanes) is 1. The molecule has 1 unspecified atom stereocenters. The third-order valence-corrected chi connectivity index (χ3v) is 4.80. The predicted molar refractivity (Wildman–Crippen MR) is 117 cm³/mol. The number of rotatable bonds is 8. The lowest BCUT2D eigenvalue weighted by atomic mass is 10.1. The summed E-state index contributed by atoms with van der Waals surface area (Å²) in [6.07, 6.45) is 2.82. The molecule has 1 amide bonds. The van der Waals surface area contributed by atoms with Gasteiger partial charge in [0.2, 0.25) is 0 Å². The minimum atomic E-state index is -0.289. The lowest BCUT2D eigenvalue weighted by Gasteiger charge is -2.20. The molecule has 0 saturated heterocycles. The number of nitrogens with one attached hydrogen (secondary N) is 2. The summed E-state index contributed by atoms with van der Waals surface area (Å²) in [5.74, 6) is 0.269. The first-order chi connectivity index (χ1) is 13.0. The second-order valence-electron chi connectivity index (χ2n) is 6.14. The first-order valence-electron chi connectivity index (χ1n) is 9.14. The van der Waals surface area contributed by atoms with Crippen LogP contribution in [0.3, 0.4) is 0 Å². The van der Waals surface area contributed by atoms with Crippen LogP contribution in [0.15, 0.2) is 53.0 Å². The van der Waals surface area contributed by atoms with Crippen LogP contribution in [0.4, 0.5) is 0 Å². The van der Waals surface area contributed by atoms with Crippen molar-refractivity contribution < 1.29 is 9.53 Å². The molecular weight excluding hydrogens is 424 g/mol. The standard InChI is InChI=1S/C21H25BrN2O2S/c1-3-5-13-26-19-12-11-16(22)14-17(19)20(25)24-21(27)23-18(4-2)15-9-7-6-8-10-15/h6-12,14,18H,3-5,13H2,1-2H3,(H2,23,24,25,27). The second-order valence-corrected chi connectivity index (χ2v) is 7.47. The van der Waals surface area contributed by atoms with Gasteiger partial charge in [-0.15, -0.1) is 0 Å². The topological polar surface area (TPSA) is 50.4 Å². The number of hydrogen-bond donors (Lipinski definition) is 2. The Bertz CT molecular complexity index is 768. The summed E-state index contributed by atoms with van der Waals surface area (Å²) in [6, 6.07) is 15.5. The molecular formula is C21H25BrN2O2S. The minimum absolute atomic E-state index is 0.0433. The van der Waals surface area contributed by atoms with Crippen molar-refractivity contribution in [3.8, 4) is 5.75 Å². The maximum Gasteiger partial charge on any atom is 0.261 e. The van der Waals surface area contributed by atoms with Crippen molar-refractivity contribution in [2.24, 2.45) is 0 Å². The predicted octanol–water partition coefficient (Wildman–Crippen LogP) is 5.38. The molecule has 2 aromatic rings. The molecule has 0 spiro atoms. The van der Waals surface area contributed by atoms with Gasteiger partial charge in [-0.2, -0.15) is 0 Å². The summed E-state index contributed by atoms with van der Waals surface area (Å²) in [4.78, 5) is 12.7. The highest BCUT2D eigenvalue weighted by Gasteiger charge is 2.17. The van der Waals surface area contributed by atoms with Crippen LogP contribution in [0.1, 0.15) is 55.1 Å². The highest BCUT2D eigenvalue weighted by molar-refractivity contribution is 9.10. The molecule has 27 heavy (non-hydrogen) atoms. The smallest absolute Gasteiger partial charge is 0.261 e. The molecule has 2 aromatic carbocycles. The summed E-state index contributed by atoms with van der Waals surface area (Å²) in [7, 11) is 0. The average Bonchev–Trinajstić information content (AvgIpc) is 2.68. The Morgan fingerprint density at radius 2 is 1.93 bits per heavy atom. The maximum atomic E-state index is 12.7. The third kappa shape index (κ3) is 6.63. The fourth-order valence-corrected chi connectivity index (χ4v) is 3.20. The van der Waals surface area contributed by atoms with Gasteiger partial charge in [0.1, 0.15) is 5.75 Å². The van der Waals surface area contributed by atoms with Crippen LogP contribution in [0.25, 0.3) is 0 Å². The fourth-order valence-electron chi connectivity index (χ4n) is 2.60. The zero-order valence-corrected chi connectivity index (χ0v) is 18.0. The molecule has 0 radical (unpaired) electrons. The monoisotopic (exact) mass is 448 g/mol. The van der Waals surface area contributed by atoms with Gasteiger partial charge >= 0.3 is 0 Å². The molecule has 0 aliphatic heterocycles. The number of thiocarbonyl (C=S) groups is 1. The van der Waals surface area contributed by atoms with Crippen LogP contribution in [-0.2, 0) is 0 Å². The van der Waals surface area contributed by atoms with Crippen LogP contribution in [0, 0.1) is 0 Å². The van der Waals surface area contributed by atoms with Crippen LogP contribution in [0.2, 0.25) is 0 Å². The molecule has 0 saturated carbocycles. The van der Waals surface area contributed by atoms with E-state index in [-0.39, 0.29) is 11.9 Å². The summed E-state index contributed by atoms with van der Waals surface area (Å²) >= 11 is 8.77. The van der Waals surface area contributed by atoms with E-state index in [1.165, 1.54) is 0 Å². The second kappa shape index (κ2) is 11.0. The fraction of sp³-hybridized carbons (Fsp3) is 0.333. The van der Waals surface area contributed by atoms with Gasteiger partial charge in [0.25, 0.3) is 5.91 Å². The van der Waals surface area contributed by atoms with E-state index in [2.05, 4.69) is 40.4 Å². The van der Waals surface area contributed by atoms with Gasteiger partial charge in [-0.3, -0.25) is 10.1 Å². The van der Waals surface area contributed by atoms with E-state index in [1.54, 1.807) is 12.1 Å². The van der Waals surface area contributed by atoms with E-state index in [9.17, 15) is 4.79 Å². The third-order valence-electron chi connectivity index (χ3n) is 4.08. The molecule has 0 bridgehead atoms. The summed E-state index contributed by atoms with van der Waals surface area (Å²) < 4.78 is 6.57. The van der Waals surface area contributed by atoms with Gasteiger partial charge in [0, 0.05) is 4.47 Å². The van der Waals surface area contributed by atoms with Crippen LogP contribution in [-0.4, -0.2) is 17.6 Å². The first-order valence-corrected chi connectivity index (χ1v) is 10.3. The number of amides is 1. The highest BCUT2D eigenvalue weighted by atomic mass is 79.9. The van der Waals surface area contributed by atoms with Crippen molar-refractivity contribution in [1.29, 1.82) is 0 Å². The van der Waals surface area contributed by atoms with Gasteiger partial charge in [-0.1, -0.05) is 66.5 Å². The van der Waals surface area contributed by atoms with Gasteiger partial charge in [-0.25, -0.2) is 0 Å². The molecule has 6 heteroatoms. The van der Waals surface area contributed by atoms with E-state index < -0.39 is 0 Å². The maximum absolute atomic E-state index is 12.7. The van der Waals surface area contributed by atoms with E-state index >= 15 is 0 Å². The number of carbonyl (C=O) groups excluding carboxylic acids is 1. The lowest BCUT2D eigenvalue weighted by molar-refractivity contribution is 0.0972. The Hall–Kier alpha value is -1.92. The zero-order valence-electron chi connectivity index (χ0n) is 15.6. The van der Waals surface area contributed by atoms with Crippen molar-refractivity contribution in [1.82, 2.24) is 10.6 Å². The number of ether oxygens (including phenoxy) is 1. The molecule has 2 N–H and O–H groups in total. The Morgan fingerprint density at radius 1 is 1.19 bits per heavy atom. The van der Waals surface area contributed by atoms with E-state index in [1.807, 2.05) is 36.4 Å². The van der Waals surface area contributed by atoms with Crippen LogP contribution >= 0.6 is 28.1 Å². The van der Waals surface area contributed by atoms with Crippen LogP contribution < -0.4 is 15.4 Å². The van der Waals surface area contributed by atoms with Gasteiger partial charge in [-0.05, 0) is 48.8 Å². The molecule has 0 aliphatic carbocycles. The Balaban J connectivity index is 2.05. The van der Waals surface area contributed by atoms with E-state index in [0.717, 1.165) is 29.3 Å². The average molecular weight is 449 g/mol. The lowest BCUT2D eigenvalue weighted by Crippen LogP contribution is -2.41. The van der Waals surface area contributed by atoms with Crippen molar-refractivity contribution in [2.75, 3.05) is 6.61 Å². The van der Waals surface area contributed by atoms with Crippen molar-refractivity contribution in [3.05, 3.63) is 64.1 Å². The zero-order chi connectivity index (χ0) is 19.6. The Morgan fingerprint density at radius 3 is 2.59 bits per heavy atom. The molecule has 4 nitrogen and oxygen atoms in total. The molecule has 0 heterocycles. The summed E-state index contributed by atoms with van der Waals surface area (Å²) in [6.45, 7) is 4.75. The van der Waals surface area contributed by atoms with Crippen molar-refractivity contribution in [2.45, 2.75) is 39.2 Å². The van der Waals surface area contributed by atoms with E-state index in [0.29, 0.717) is 23.0 Å². The SMILES string of the molecule is CCCCOc1ccc(Br)cc1C(=O)NC(=S)NC(CC)c1ccccc1. The molecule has 1 atom stereocenters. The quantitative estimate of drug-likeness (QED) is 0.420. The van der Waals surface area contributed by atoms with Crippen molar-refractivity contribution >= 4 is 39.2 Å². The summed E-state index contributed by atoms with van der Waals surface area (Å²) in [5.41, 5.74) is 1.58. The number of hydrogen-bond acceptors (Lipinski definition) is 3. The van der Waals surface area contributed by atoms with E-state index in [4.69, 9.17) is 17.0 Å².